The smallest absolute Gasteiger partial charge is 0.0558 e. The van der Waals surface area contributed by atoms with Crippen molar-refractivity contribution in [2.75, 3.05) is 13.2 Å². The van der Waals surface area contributed by atoms with E-state index >= 15 is 0 Å². The van der Waals surface area contributed by atoms with Gasteiger partial charge in [-0.15, -0.1) is 0 Å². The van der Waals surface area contributed by atoms with Gasteiger partial charge in [0, 0.05) is 19.6 Å². The largest absolute Gasteiger partial charge is 0.395 e. The first kappa shape index (κ1) is 14.8. The van der Waals surface area contributed by atoms with E-state index in [-0.39, 0.29) is 6.61 Å². The van der Waals surface area contributed by atoms with Gasteiger partial charge in [-0.1, -0.05) is 59.7 Å². The lowest BCUT2D eigenvalue weighted by molar-refractivity contribution is 0.184. The molecule has 0 saturated carbocycles. The van der Waals surface area contributed by atoms with Gasteiger partial charge < -0.3 is 5.11 Å². The number of rotatable bonds is 6. The minimum Gasteiger partial charge on any atom is -0.395 e. The standard InChI is InChI=1S/C18H23NO/c1-15-10-16(2)12-18(11-15)14-19(8-9-20)13-17-6-4-3-5-7-17/h3-7,10-12,20H,8-9,13-14H2,1-2H3. The summed E-state index contributed by atoms with van der Waals surface area (Å²) in [6.45, 7) is 6.89. The topological polar surface area (TPSA) is 23.5 Å². The highest BCUT2D eigenvalue weighted by Gasteiger charge is 2.07. The van der Waals surface area contributed by atoms with Crippen molar-refractivity contribution in [3.63, 3.8) is 0 Å². The molecule has 0 aromatic heterocycles. The molecule has 2 heteroatoms. The fraction of sp³-hybridized carbons (Fsp3) is 0.333. The van der Waals surface area contributed by atoms with Gasteiger partial charge >= 0.3 is 0 Å². The van der Waals surface area contributed by atoms with Crippen LogP contribution >= 0.6 is 0 Å². The molecule has 0 fully saturated rings. The van der Waals surface area contributed by atoms with Gasteiger partial charge in [-0.05, 0) is 25.0 Å². The lowest BCUT2D eigenvalue weighted by Crippen LogP contribution is -2.26. The van der Waals surface area contributed by atoms with Crippen molar-refractivity contribution in [3.8, 4) is 0 Å². The Morgan fingerprint density at radius 2 is 1.45 bits per heavy atom. The van der Waals surface area contributed by atoms with Gasteiger partial charge in [0.1, 0.15) is 0 Å². The highest BCUT2D eigenvalue weighted by molar-refractivity contribution is 5.28. The summed E-state index contributed by atoms with van der Waals surface area (Å²) in [5.74, 6) is 0. The Hall–Kier alpha value is -1.64. The first-order valence-corrected chi connectivity index (χ1v) is 7.11. The lowest BCUT2D eigenvalue weighted by atomic mass is 10.1. The van der Waals surface area contributed by atoms with E-state index in [1.54, 1.807) is 0 Å². The van der Waals surface area contributed by atoms with Crippen molar-refractivity contribution in [2.24, 2.45) is 0 Å². The second-order valence-electron chi connectivity index (χ2n) is 5.42. The Morgan fingerprint density at radius 1 is 0.850 bits per heavy atom. The van der Waals surface area contributed by atoms with E-state index in [9.17, 15) is 5.11 Å². The molecule has 0 atom stereocenters. The Balaban J connectivity index is 2.08. The fourth-order valence-electron chi connectivity index (χ4n) is 2.62. The molecule has 106 valence electrons. The summed E-state index contributed by atoms with van der Waals surface area (Å²) in [7, 11) is 0. The maximum atomic E-state index is 9.26. The molecule has 1 N–H and O–H groups in total. The second kappa shape index (κ2) is 7.22. The van der Waals surface area contributed by atoms with Crippen LogP contribution in [-0.2, 0) is 13.1 Å². The molecular weight excluding hydrogens is 246 g/mol. The van der Waals surface area contributed by atoms with E-state index in [4.69, 9.17) is 0 Å². The third-order valence-electron chi connectivity index (χ3n) is 3.35. The summed E-state index contributed by atoms with van der Waals surface area (Å²) >= 11 is 0. The molecule has 0 bridgehead atoms. The van der Waals surface area contributed by atoms with Crippen molar-refractivity contribution in [1.82, 2.24) is 4.90 Å². The molecule has 0 unspecified atom stereocenters. The molecule has 20 heavy (non-hydrogen) atoms. The molecule has 0 heterocycles. The minimum atomic E-state index is 0.192. The predicted octanol–water partition coefficient (Wildman–Crippen LogP) is 3.30. The molecule has 0 spiro atoms. The number of aliphatic hydroxyl groups is 1. The Morgan fingerprint density at radius 3 is 2.05 bits per heavy atom. The number of hydrogen-bond acceptors (Lipinski definition) is 2. The molecule has 2 aromatic rings. The SMILES string of the molecule is Cc1cc(C)cc(CN(CCO)Cc2ccccc2)c1. The molecular formula is C18H23NO. The highest BCUT2D eigenvalue weighted by atomic mass is 16.3. The second-order valence-corrected chi connectivity index (χ2v) is 5.42. The van der Waals surface area contributed by atoms with Crippen LogP contribution in [0.2, 0.25) is 0 Å². The third kappa shape index (κ3) is 4.48. The molecule has 2 nitrogen and oxygen atoms in total. The van der Waals surface area contributed by atoms with Crippen LogP contribution < -0.4 is 0 Å². The predicted molar refractivity (Wildman–Crippen MR) is 83.6 cm³/mol. The Bertz CT molecular complexity index is 516. The normalized spacial score (nSPS) is 11.0. The molecule has 0 aliphatic rings. The van der Waals surface area contributed by atoms with E-state index < -0.39 is 0 Å². The lowest BCUT2D eigenvalue weighted by Gasteiger charge is -2.22. The monoisotopic (exact) mass is 269 g/mol. The summed E-state index contributed by atoms with van der Waals surface area (Å²) in [6, 6.07) is 17.1. The molecule has 0 aliphatic heterocycles. The first-order valence-electron chi connectivity index (χ1n) is 7.11. The van der Waals surface area contributed by atoms with E-state index in [1.807, 2.05) is 6.07 Å². The first-order chi connectivity index (χ1) is 9.67. The summed E-state index contributed by atoms with van der Waals surface area (Å²) in [5, 5.41) is 9.26. The molecule has 0 amide bonds. The number of nitrogens with zero attached hydrogens (tertiary/aromatic N) is 1. The summed E-state index contributed by atoms with van der Waals surface area (Å²) in [5.41, 5.74) is 5.18. The van der Waals surface area contributed by atoms with E-state index in [2.05, 4.69) is 61.2 Å². The van der Waals surface area contributed by atoms with Crippen LogP contribution in [0.5, 0.6) is 0 Å². The van der Waals surface area contributed by atoms with Gasteiger partial charge in [-0.25, -0.2) is 0 Å². The number of aryl methyl sites for hydroxylation is 2. The van der Waals surface area contributed by atoms with Crippen LogP contribution in [0.15, 0.2) is 48.5 Å². The Labute approximate surface area is 121 Å². The van der Waals surface area contributed by atoms with Crippen LogP contribution in [-0.4, -0.2) is 23.2 Å². The quantitative estimate of drug-likeness (QED) is 0.870. The zero-order valence-corrected chi connectivity index (χ0v) is 12.3. The molecule has 0 saturated heterocycles. The summed E-state index contributed by atoms with van der Waals surface area (Å²) < 4.78 is 0. The van der Waals surface area contributed by atoms with Crippen molar-refractivity contribution >= 4 is 0 Å². The molecule has 0 radical (unpaired) electrons. The molecule has 2 rings (SSSR count). The third-order valence-corrected chi connectivity index (χ3v) is 3.35. The zero-order chi connectivity index (χ0) is 14.4. The average Bonchev–Trinajstić information content (AvgIpc) is 2.39. The average molecular weight is 269 g/mol. The summed E-state index contributed by atoms with van der Waals surface area (Å²) in [4.78, 5) is 2.28. The van der Waals surface area contributed by atoms with Gasteiger partial charge in [0.2, 0.25) is 0 Å². The van der Waals surface area contributed by atoms with Crippen LogP contribution in [0.25, 0.3) is 0 Å². The van der Waals surface area contributed by atoms with Crippen LogP contribution in [0.1, 0.15) is 22.3 Å². The minimum absolute atomic E-state index is 0.192. The van der Waals surface area contributed by atoms with Gasteiger partial charge in [0.25, 0.3) is 0 Å². The van der Waals surface area contributed by atoms with E-state index in [0.717, 1.165) is 13.1 Å². The van der Waals surface area contributed by atoms with Crippen LogP contribution in [0.3, 0.4) is 0 Å². The maximum Gasteiger partial charge on any atom is 0.0558 e. The Kier molecular flexibility index (Phi) is 5.33. The molecule has 2 aromatic carbocycles. The van der Waals surface area contributed by atoms with Gasteiger partial charge in [0.15, 0.2) is 0 Å². The van der Waals surface area contributed by atoms with Gasteiger partial charge in [0.05, 0.1) is 6.61 Å². The van der Waals surface area contributed by atoms with Crippen molar-refractivity contribution < 1.29 is 5.11 Å². The van der Waals surface area contributed by atoms with Gasteiger partial charge in [-0.3, -0.25) is 4.90 Å². The zero-order valence-electron chi connectivity index (χ0n) is 12.3. The van der Waals surface area contributed by atoms with Crippen LogP contribution in [0, 0.1) is 13.8 Å². The fourth-order valence-corrected chi connectivity index (χ4v) is 2.62. The van der Waals surface area contributed by atoms with E-state index in [0.29, 0.717) is 6.54 Å². The summed E-state index contributed by atoms with van der Waals surface area (Å²) in [6.07, 6.45) is 0. The maximum absolute atomic E-state index is 9.26. The number of hydrogen-bond donors (Lipinski definition) is 1. The highest BCUT2D eigenvalue weighted by Crippen LogP contribution is 2.13. The van der Waals surface area contributed by atoms with Gasteiger partial charge in [-0.2, -0.15) is 0 Å². The number of benzene rings is 2. The van der Waals surface area contributed by atoms with Crippen molar-refractivity contribution in [2.45, 2.75) is 26.9 Å². The van der Waals surface area contributed by atoms with Crippen molar-refractivity contribution in [1.29, 1.82) is 0 Å². The van der Waals surface area contributed by atoms with E-state index in [1.165, 1.54) is 22.3 Å². The molecule has 0 aliphatic carbocycles. The van der Waals surface area contributed by atoms with Crippen molar-refractivity contribution in [3.05, 3.63) is 70.8 Å². The number of aliphatic hydroxyl groups excluding tert-OH is 1. The van der Waals surface area contributed by atoms with Crippen LogP contribution in [0.4, 0.5) is 0 Å².